The Morgan fingerprint density at radius 1 is 1.04 bits per heavy atom. The lowest BCUT2D eigenvalue weighted by Crippen LogP contribution is -2.50. The molecular formula is C19H33N3O4. The van der Waals surface area contributed by atoms with Gasteiger partial charge in [-0.2, -0.15) is 0 Å². The van der Waals surface area contributed by atoms with Gasteiger partial charge in [0.05, 0.1) is 12.6 Å². The van der Waals surface area contributed by atoms with E-state index in [9.17, 15) is 14.7 Å². The van der Waals surface area contributed by atoms with Gasteiger partial charge in [0.15, 0.2) is 0 Å². The minimum absolute atomic E-state index is 0.0529. The molecule has 0 bridgehead atoms. The van der Waals surface area contributed by atoms with Crippen LogP contribution in [0, 0.1) is 0 Å². The molecular weight excluding hydrogens is 334 g/mol. The van der Waals surface area contributed by atoms with Crippen molar-refractivity contribution >= 4 is 12.0 Å². The quantitative estimate of drug-likeness (QED) is 0.800. The molecule has 2 atom stereocenters. The number of carbonyl (C=O) groups excluding carboxylic acids is 2. The molecule has 7 heteroatoms. The maximum Gasteiger partial charge on any atom is 0.411 e. The van der Waals surface area contributed by atoms with E-state index < -0.39 is 23.8 Å². The molecule has 2 saturated heterocycles. The molecule has 2 aliphatic heterocycles. The van der Waals surface area contributed by atoms with E-state index in [1.165, 1.54) is 24.2 Å². The fraction of sp³-hybridized carbons (Fsp3) is 0.895. The van der Waals surface area contributed by atoms with Crippen LogP contribution in [-0.4, -0.2) is 88.3 Å². The molecule has 0 radical (unpaired) electrons. The van der Waals surface area contributed by atoms with Crippen LogP contribution in [0.3, 0.4) is 0 Å². The number of β-amino-alcohol motifs (C(OH)–C–C–N with tert-alkyl or cyclic N) is 1. The van der Waals surface area contributed by atoms with Gasteiger partial charge in [0.1, 0.15) is 11.6 Å². The summed E-state index contributed by atoms with van der Waals surface area (Å²) in [6.45, 7) is 8.93. The summed E-state index contributed by atoms with van der Waals surface area (Å²) in [7, 11) is 0. The van der Waals surface area contributed by atoms with Crippen LogP contribution in [0.1, 0.15) is 52.9 Å². The molecule has 0 aromatic heterocycles. The lowest BCUT2D eigenvalue weighted by molar-refractivity contribution is -0.135. The standard InChI is InChI=1S/C19H33N3O4/c1-19(2,3)26-18(25)22-13-15(23)12-16(22)17(24)21-9-5-8-20(10-11-21)14-6-4-7-14/h14-16,23H,4-13H2,1-3H3/t15-,16-/m1/s1. The van der Waals surface area contributed by atoms with Crippen molar-refractivity contribution in [1.29, 1.82) is 0 Å². The Bertz CT molecular complexity index is 529. The summed E-state index contributed by atoms with van der Waals surface area (Å²) in [5, 5.41) is 10.0. The summed E-state index contributed by atoms with van der Waals surface area (Å²) in [5.74, 6) is -0.0529. The molecule has 3 rings (SSSR count). The van der Waals surface area contributed by atoms with Gasteiger partial charge in [0, 0.05) is 38.6 Å². The van der Waals surface area contributed by atoms with Gasteiger partial charge >= 0.3 is 6.09 Å². The fourth-order valence-corrected chi connectivity index (χ4v) is 4.06. The van der Waals surface area contributed by atoms with Gasteiger partial charge in [-0.05, 0) is 40.0 Å². The predicted octanol–water partition coefficient (Wildman–Crippen LogP) is 1.44. The van der Waals surface area contributed by atoms with Crippen LogP contribution in [0.4, 0.5) is 4.79 Å². The topological polar surface area (TPSA) is 73.3 Å². The van der Waals surface area contributed by atoms with Crippen molar-refractivity contribution in [3.05, 3.63) is 0 Å². The SMILES string of the molecule is CC(C)(C)OC(=O)N1C[C@H](O)C[C@@H]1C(=O)N1CCCN(C2CCC2)CC1. The Hall–Kier alpha value is -1.34. The van der Waals surface area contributed by atoms with Gasteiger partial charge in [0.25, 0.3) is 0 Å². The number of amides is 2. The van der Waals surface area contributed by atoms with Crippen molar-refractivity contribution in [2.24, 2.45) is 0 Å². The number of rotatable bonds is 2. The zero-order chi connectivity index (χ0) is 18.9. The molecule has 2 amide bonds. The van der Waals surface area contributed by atoms with Crippen molar-refractivity contribution in [3.8, 4) is 0 Å². The van der Waals surface area contributed by atoms with Gasteiger partial charge in [-0.1, -0.05) is 6.42 Å². The first-order valence-electron chi connectivity index (χ1n) is 9.95. The second kappa shape index (κ2) is 7.72. The van der Waals surface area contributed by atoms with Crippen molar-refractivity contribution < 1.29 is 19.4 Å². The van der Waals surface area contributed by atoms with E-state index in [0.717, 1.165) is 26.1 Å². The Kier molecular flexibility index (Phi) is 5.77. The van der Waals surface area contributed by atoms with Crippen molar-refractivity contribution in [2.75, 3.05) is 32.7 Å². The highest BCUT2D eigenvalue weighted by atomic mass is 16.6. The molecule has 1 aliphatic carbocycles. The molecule has 1 N–H and O–H groups in total. The summed E-state index contributed by atoms with van der Waals surface area (Å²) in [6.07, 6.45) is 3.93. The number of aliphatic hydroxyl groups is 1. The van der Waals surface area contributed by atoms with Crippen LogP contribution in [0.2, 0.25) is 0 Å². The largest absolute Gasteiger partial charge is 0.444 e. The first kappa shape index (κ1) is 19.4. The van der Waals surface area contributed by atoms with Gasteiger partial charge in [-0.3, -0.25) is 14.6 Å². The number of carbonyl (C=O) groups is 2. The smallest absolute Gasteiger partial charge is 0.411 e. The maximum absolute atomic E-state index is 13.1. The highest BCUT2D eigenvalue weighted by molar-refractivity contribution is 5.86. The first-order valence-corrected chi connectivity index (χ1v) is 9.95. The Morgan fingerprint density at radius 3 is 2.38 bits per heavy atom. The van der Waals surface area contributed by atoms with Crippen LogP contribution in [0.15, 0.2) is 0 Å². The lowest BCUT2D eigenvalue weighted by atomic mass is 9.91. The van der Waals surface area contributed by atoms with E-state index in [2.05, 4.69) is 4.90 Å². The van der Waals surface area contributed by atoms with Crippen molar-refractivity contribution in [3.63, 3.8) is 0 Å². The molecule has 7 nitrogen and oxygen atoms in total. The zero-order valence-corrected chi connectivity index (χ0v) is 16.3. The highest BCUT2D eigenvalue weighted by Gasteiger charge is 2.42. The molecule has 0 aromatic rings. The monoisotopic (exact) mass is 367 g/mol. The number of aliphatic hydroxyl groups excluding tert-OH is 1. The van der Waals surface area contributed by atoms with E-state index in [-0.39, 0.29) is 12.5 Å². The molecule has 0 aromatic carbocycles. The van der Waals surface area contributed by atoms with Crippen LogP contribution >= 0.6 is 0 Å². The number of ether oxygens (including phenoxy) is 1. The van der Waals surface area contributed by atoms with Crippen LogP contribution in [0.25, 0.3) is 0 Å². The second-order valence-corrected chi connectivity index (χ2v) is 8.84. The molecule has 148 valence electrons. The fourth-order valence-electron chi connectivity index (χ4n) is 4.06. The minimum atomic E-state index is -0.671. The number of hydrogen-bond acceptors (Lipinski definition) is 5. The zero-order valence-electron chi connectivity index (χ0n) is 16.3. The third-order valence-corrected chi connectivity index (χ3v) is 5.63. The van der Waals surface area contributed by atoms with E-state index in [1.54, 1.807) is 20.8 Å². The highest BCUT2D eigenvalue weighted by Crippen LogP contribution is 2.27. The van der Waals surface area contributed by atoms with Gasteiger partial charge in [-0.25, -0.2) is 4.79 Å². The number of nitrogens with zero attached hydrogens (tertiary/aromatic N) is 3. The molecule has 0 unspecified atom stereocenters. The summed E-state index contributed by atoms with van der Waals surface area (Å²) < 4.78 is 5.43. The predicted molar refractivity (Wildman–Crippen MR) is 97.8 cm³/mol. The molecule has 26 heavy (non-hydrogen) atoms. The lowest BCUT2D eigenvalue weighted by Gasteiger charge is -2.37. The van der Waals surface area contributed by atoms with Crippen LogP contribution in [-0.2, 0) is 9.53 Å². The molecule has 2 heterocycles. The molecule has 3 aliphatic rings. The third kappa shape index (κ3) is 4.49. The number of likely N-dealkylation sites (tertiary alicyclic amines) is 1. The molecule has 0 spiro atoms. The average molecular weight is 367 g/mol. The van der Waals surface area contributed by atoms with E-state index in [0.29, 0.717) is 19.0 Å². The van der Waals surface area contributed by atoms with Gasteiger partial charge in [-0.15, -0.1) is 0 Å². The molecule has 3 fully saturated rings. The minimum Gasteiger partial charge on any atom is -0.444 e. The van der Waals surface area contributed by atoms with Crippen molar-refractivity contribution in [2.45, 2.75) is 76.7 Å². The van der Waals surface area contributed by atoms with E-state index in [4.69, 9.17) is 4.74 Å². The Balaban J connectivity index is 1.62. The van der Waals surface area contributed by atoms with Crippen LogP contribution < -0.4 is 0 Å². The first-order chi connectivity index (χ1) is 12.2. The maximum atomic E-state index is 13.1. The number of hydrogen-bond donors (Lipinski definition) is 1. The van der Waals surface area contributed by atoms with E-state index in [1.807, 2.05) is 4.90 Å². The van der Waals surface area contributed by atoms with E-state index >= 15 is 0 Å². The Labute approximate surface area is 156 Å². The average Bonchev–Trinajstić information content (AvgIpc) is 2.72. The van der Waals surface area contributed by atoms with Crippen LogP contribution in [0.5, 0.6) is 0 Å². The summed E-state index contributed by atoms with van der Waals surface area (Å²) >= 11 is 0. The van der Waals surface area contributed by atoms with Crippen molar-refractivity contribution in [1.82, 2.24) is 14.7 Å². The normalized spacial score (nSPS) is 28.6. The van der Waals surface area contributed by atoms with Gasteiger partial charge < -0.3 is 14.7 Å². The second-order valence-electron chi connectivity index (χ2n) is 8.84. The Morgan fingerprint density at radius 2 is 1.77 bits per heavy atom. The third-order valence-electron chi connectivity index (χ3n) is 5.63. The van der Waals surface area contributed by atoms with Gasteiger partial charge in [0.2, 0.25) is 5.91 Å². The summed E-state index contributed by atoms with van der Waals surface area (Å²) in [5.41, 5.74) is -0.621. The summed E-state index contributed by atoms with van der Waals surface area (Å²) in [6, 6.07) is 0.0757. The summed E-state index contributed by atoms with van der Waals surface area (Å²) in [4.78, 5) is 31.3. The molecule has 1 saturated carbocycles.